The topological polar surface area (TPSA) is 60.9 Å². The highest BCUT2D eigenvalue weighted by Crippen LogP contribution is 2.29. The number of anilines is 1. The molecule has 0 atom stereocenters. The molecule has 0 radical (unpaired) electrons. The fourth-order valence-corrected chi connectivity index (χ4v) is 2.23. The third-order valence-electron chi connectivity index (χ3n) is 3.30. The first-order valence-electron chi connectivity index (χ1n) is 6.30. The number of rotatable bonds is 4. The Balaban J connectivity index is 2.18. The highest BCUT2D eigenvalue weighted by atomic mass is 16.4. The second-order valence-electron chi connectivity index (χ2n) is 5.00. The van der Waals surface area contributed by atoms with E-state index in [2.05, 4.69) is 0 Å². The van der Waals surface area contributed by atoms with Crippen molar-refractivity contribution in [3.8, 4) is 0 Å². The molecule has 1 N–H and O–H groups in total. The number of carboxylic acid groups (broad SMARTS) is 1. The first kappa shape index (κ1) is 13.5. The molecular formula is C14H18N2O3. The van der Waals surface area contributed by atoms with E-state index < -0.39 is 5.97 Å². The summed E-state index contributed by atoms with van der Waals surface area (Å²) in [5.41, 5.74) is 2.03. The van der Waals surface area contributed by atoms with Gasteiger partial charge in [-0.2, -0.15) is 0 Å². The zero-order valence-corrected chi connectivity index (χ0v) is 11.2. The first-order valence-corrected chi connectivity index (χ1v) is 6.30. The summed E-state index contributed by atoms with van der Waals surface area (Å²) in [7, 11) is 3.85. The lowest BCUT2D eigenvalue weighted by Gasteiger charge is -2.19. The van der Waals surface area contributed by atoms with Gasteiger partial charge in [-0.05, 0) is 38.2 Å². The lowest BCUT2D eigenvalue weighted by molar-refractivity contribution is -0.118. The second kappa shape index (κ2) is 5.40. The van der Waals surface area contributed by atoms with Crippen LogP contribution in [0.3, 0.4) is 0 Å². The maximum absolute atomic E-state index is 12.1. The van der Waals surface area contributed by atoms with Crippen molar-refractivity contribution in [2.45, 2.75) is 12.8 Å². The van der Waals surface area contributed by atoms with Crippen molar-refractivity contribution in [1.82, 2.24) is 4.90 Å². The van der Waals surface area contributed by atoms with Crippen molar-refractivity contribution < 1.29 is 14.7 Å². The molecule has 19 heavy (non-hydrogen) atoms. The number of hydrogen-bond acceptors (Lipinski definition) is 3. The maximum Gasteiger partial charge on any atom is 0.335 e. The fourth-order valence-electron chi connectivity index (χ4n) is 2.23. The van der Waals surface area contributed by atoms with E-state index in [1.165, 1.54) is 0 Å². The molecular weight excluding hydrogens is 244 g/mol. The van der Waals surface area contributed by atoms with E-state index >= 15 is 0 Å². The Labute approximate surface area is 112 Å². The Morgan fingerprint density at radius 3 is 2.74 bits per heavy atom. The quantitative estimate of drug-likeness (QED) is 0.886. The number of amides is 1. The van der Waals surface area contributed by atoms with Gasteiger partial charge in [0.05, 0.1) is 5.56 Å². The van der Waals surface area contributed by atoms with Crippen LogP contribution in [0.4, 0.5) is 5.69 Å². The minimum atomic E-state index is -0.963. The lowest BCUT2D eigenvalue weighted by atomic mass is 10.1. The maximum atomic E-state index is 12.1. The van der Waals surface area contributed by atoms with Gasteiger partial charge in [-0.3, -0.25) is 4.79 Å². The lowest BCUT2D eigenvalue weighted by Crippen LogP contribution is -2.31. The van der Waals surface area contributed by atoms with Crippen LogP contribution in [0.1, 0.15) is 22.3 Å². The molecule has 1 aliphatic heterocycles. The number of carbonyl (C=O) groups excluding carboxylic acids is 1. The summed E-state index contributed by atoms with van der Waals surface area (Å²) in [6.07, 6.45) is 1.24. The number of nitrogens with zero attached hydrogens (tertiary/aromatic N) is 2. The van der Waals surface area contributed by atoms with Crippen molar-refractivity contribution in [2.24, 2.45) is 0 Å². The molecule has 1 aliphatic rings. The molecule has 0 bridgehead atoms. The van der Waals surface area contributed by atoms with E-state index in [0.29, 0.717) is 19.5 Å². The Kier molecular flexibility index (Phi) is 3.85. The molecule has 0 fully saturated rings. The van der Waals surface area contributed by atoms with E-state index in [0.717, 1.165) is 17.7 Å². The van der Waals surface area contributed by atoms with Gasteiger partial charge >= 0.3 is 5.97 Å². The highest BCUT2D eigenvalue weighted by molar-refractivity contribution is 5.97. The molecule has 0 unspecified atom stereocenters. The van der Waals surface area contributed by atoms with Gasteiger partial charge in [0.15, 0.2) is 0 Å². The number of carbonyl (C=O) groups is 2. The van der Waals surface area contributed by atoms with Crippen LogP contribution >= 0.6 is 0 Å². The molecule has 1 aromatic rings. The SMILES string of the molecule is CN(C)CCC(=O)N1CCc2ccc(C(=O)O)cc21. The molecule has 1 amide bonds. The molecule has 0 spiro atoms. The smallest absolute Gasteiger partial charge is 0.335 e. The summed E-state index contributed by atoms with van der Waals surface area (Å²) in [5, 5.41) is 9.01. The average Bonchev–Trinajstić information content (AvgIpc) is 2.78. The standard InChI is InChI=1S/C14H18N2O3/c1-15(2)7-6-13(17)16-8-5-10-3-4-11(14(18)19)9-12(10)16/h3-4,9H,5-8H2,1-2H3,(H,18,19). The Morgan fingerprint density at radius 2 is 2.11 bits per heavy atom. The molecule has 102 valence electrons. The number of benzene rings is 1. The summed E-state index contributed by atoms with van der Waals surface area (Å²) in [6, 6.07) is 4.99. The monoisotopic (exact) mass is 262 g/mol. The molecule has 0 saturated carbocycles. The summed E-state index contributed by atoms with van der Waals surface area (Å²) in [6.45, 7) is 1.34. The van der Waals surface area contributed by atoms with Gasteiger partial charge in [0.2, 0.25) is 5.91 Å². The largest absolute Gasteiger partial charge is 0.478 e. The number of hydrogen-bond donors (Lipinski definition) is 1. The van der Waals surface area contributed by atoms with Crippen LogP contribution in [0, 0.1) is 0 Å². The summed E-state index contributed by atoms with van der Waals surface area (Å²) < 4.78 is 0. The van der Waals surface area contributed by atoms with Gasteiger partial charge in [0, 0.05) is 25.2 Å². The van der Waals surface area contributed by atoms with Crippen LogP contribution in [0.15, 0.2) is 18.2 Å². The van der Waals surface area contributed by atoms with Gasteiger partial charge in [-0.1, -0.05) is 6.07 Å². The predicted octanol–water partition coefficient (Wildman–Crippen LogP) is 1.23. The van der Waals surface area contributed by atoms with Crippen LogP contribution in [0.5, 0.6) is 0 Å². The van der Waals surface area contributed by atoms with Crippen LogP contribution in [-0.2, 0) is 11.2 Å². The molecule has 5 nitrogen and oxygen atoms in total. The molecule has 1 heterocycles. The van der Waals surface area contributed by atoms with E-state index in [9.17, 15) is 9.59 Å². The van der Waals surface area contributed by atoms with Crippen molar-refractivity contribution in [3.63, 3.8) is 0 Å². The number of fused-ring (bicyclic) bond motifs is 1. The third-order valence-corrected chi connectivity index (χ3v) is 3.30. The van der Waals surface area contributed by atoms with Crippen LogP contribution in [0.25, 0.3) is 0 Å². The number of aromatic carboxylic acids is 1. The van der Waals surface area contributed by atoms with E-state index in [1.807, 2.05) is 19.0 Å². The van der Waals surface area contributed by atoms with E-state index in [4.69, 9.17) is 5.11 Å². The fraction of sp³-hybridized carbons (Fsp3) is 0.429. The molecule has 0 aromatic heterocycles. The minimum absolute atomic E-state index is 0.0509. The Morgan fingerprint density at radius 1 is 1.37 bits per heavy atom. The molecule has 0 saturated heterocycles. The summed E-state index contributed by atoms with van der Waals surface area (Å²) in [4.78, 5) is 26.8. The van der Waals surface area contributed by atoms with E-state index in [-0.39, 0.29) is 11.5 Å². The zero-order valence-electron chi connectivity index (χ0n) is 11.2. The van der Waals surface area contributed by atoms with Gasteiger partial charge < -0.3 is 14.9 Å². The van der Waals surface area contributed by atoms with Crippen LogP contribution in [0.2, 0.25) is 0 Å². The zero-order chi connectivity index (χ0) is 14.0. The van der Waals surface area contributed by atoms with Gasteiger partial charge in [0.25, 0.3) is 0 Å². The van der Waals surface area contributed by atoms with Crippen LogP contribution < -0.4 is 4.90 Å². The Bertz CT molecular complexity index is 511. The minimum Gasteiger partial charge on any atom is -0.478 e. The molecule has 0 aliphatic carbocycles. The predicted molar refractivity (Wildman–Crippen MR) is 72.6 cm³/mol. The van der Waals surface area contributed by atoms with E-state index in [1.54, 1.807) is 23.1 Å². The van der Waals surface area contributed by atoms with Crippen molar-refractivity contribution in [1.29, 1.82) is 0 Å². The van der Waals surface area contributed by atoms with Crippen molar-refractivity contribution in [3.05, 3.63) is 29.3 Å². The average molecular weight is 262 g/mol. The molecule has 5 heteroatoms. The second-order valence-corrected chi connectivity index (χ2v) is 5.00. The normalized spacial score (nSPS) is 13.7. The highest BCUT2D eigenvalue weighted by Gasteiger charge is 2.25. The van der Waals surface area contributed by atoms with Gasteiger partial charge in [-0.15, -0.1) is 0 Å². The molecule has 2 rings (SSSR count). The molecule has 1 aromatic carbocycles. The summed E-state index contributed by atoms with van der Waals surface area (Å²) in [5.74, 6) is -0.912. The first-order chi connectivity index (χ1) is 8.99. The summed E-state index contributed by atoms with van der Waals surface area (Å²) >= 11 is 0. The van der Waals surface area contributed by atoms with Gasteiger partial charge in [-0.25, -0.2) is 4.79 Å². The van der Waals surface area contributed by atoms with Crippen molar-refractivity contribution in [2.75, 3.05) is 32.1 Å². The third kappa shape index (κ3) is 2.93. The van der Waals surface area contributed by atoms with Gasteiger partial charge in [0.1, 0.15) is 0 Å². The Hall–Kier alpha value is -1.88. The van der Waals surface area contributed by atoms with Crippen LogP contribution in [-0.4, -0.2) is 49.1 Å². The van der Waals surface area contributed by atoms with Crippen molar-refractivity contribution >= 4 is 17.6 Å². The number of carboxylic acids is 1.